The molecule has 25 heavy (non-hydrogen) atoms. The first-order valence-corrected chi connectivity index (χ1v) is 8.18. The molecule has 4 rings (SSSR count). The minimum absolute atomic E-state index is 0.00567. The normalized spacial score (nSPS) is 23.0. The highest BCUT2D eigenvalue weighted by atomic mass is 16.5. The summed E-state index contributed by atoms with van der Waals surface area (Å²) in [5, 5.41) is 33.9. The minimum Gasteiger partial charge on any atom is -0.621 e. The van der Waals surface area contributed by atoms with Crippen LogP contribution in [0, 0.1) is 10.4 Å². The van der Waals surface area contributed by atoms with E-state index in [1.807, 2.05) is 6.07 Å². The van der Waals surface area contributed by atoms with Gasteiger partial charge in [-0.25, -0.2) is 4.98 Å². The fraction of sp³-hybridized carbons (Fsp3) is 0.250. The van der Waals surface area contributed by atoms with Crippen molar-refractivity contribution in [1.29, 1.82) is 0 Å². The molecular weight excluding hydrogens is 322 g/mol. The Hall–Kier alpha value is -2.56. The molecule has 0 aliphatic carbocycles. The van der Waals surface area contributed by atoms with Crippen molar-refractivity contribution in [3.8, 4) is 0 Å². The van der Waals surface area contributed by atoms with Gasteiger partial charge in [-0.2, -0.15) is 5.17 Å². The quantitative estimate of drug-likeness (QED) is 0.518. The maximum Gasteiger partial charge on any atom is 0.360 e. The van der Waals surface area contributed by atoms with Crippen LogP contribution >= 0.6 is 0 Å². The highest BCUT2D eigenvalue weighted by Crippen LogP contribution is 2.17. The molecule has 9 heteroatoms. The lowest BCUT2D eigenvalue weighted by atomic mass is 10.2. The lowest BCUT2D eigenvalue weighted by Crippen LogP contribution is -3.14. The molecular formula is C16H19N7O2. The highest BCUT2D eigenvalue weighted by molar-refractivity contribution is 5.88. The molecule has 1 aromatic carbocycles. The molecule has 0 saturated carbocycles. The van der Waals surface area contributed by atoms with E-state index < -0.39 is 5.17 Å². The fourth-order valence-electron chi connectivity index (χ4n) is 2.98. The number of quaternary nitrogens is 2. The number of guanidine groups is 1. The van der Waals surface area contributed by atoms with Crippen LogP contribution in [0.25, 0.3) is 0 Å². The van der Waals surface area contributed by atoms with Crippen molar-refractivity contribution in [2.24, 2.45) is 5.10 Å². The Morgan fingerprint density at radius 1 is 1.04 bits per heavy atom. The minimum atomic E-state index is -0.421. The largest absolute Gasteiger partial charge is 0.621 e. The first-order chi connectivity index (χ1) is 12.2. The molecule has 2 aliphatic rings. The summed E-state index contributed by atoms with van der Waals surface area (Å²) in [7, 11) is 0. The van der Waals surface area contributed by atoms with E-state index >= 15 is 0 Å². The molecule has 4 N–H and O–H groups in total. The van der Waals surface area contributed by atoms with Crippen LogP contribution < -0.4 is 25.8 Å². The molecule has 0 bridgehead atoms. The van der Waals surface area contributed by atoms with Gasteiger partial charge in [-0.3, -0.25) is 10.4 Å². The number of piperazine rings is 1. The topological polar surface area (TPSA) is 108 Å². The van der Waals surface area contributed by atoms with Gasteiger partial charge in [0.25, 0.3) is 0 Å². The van der Waals surface area contributed by atoms with E-state index in [9.17, 15) is 10.4 Å². The van der Waals surface area contributed by atoms with Crippen molar-refractivity contribution in [1.82, 2.24) is 10.3 Å². The third-order valence-electron chi connectivity index (χ3n) is 4.31. The zero-order chi connectivity index (χ0) is 17.2. The zero-order valence-electron chi connectivity index (χ0n) is 13.5. The standard InChI is InChI=1S/C16H19N7O2/c24-22-13-3-1-2-4-14(13)23(25)20-16(22)19-15-6-5-12(11-18-15)21-9-7-17-8-10-21/h1-6,11,17,22-23H,7-10H2,(H,18,19,20). The fourth-order valence-corrected chi connectivity index (χ4v) is 2.98. The second-order valence-electron chi connectivity index (χ2n) is 5.90. The van der Waals surface area contributed by atoms with Crippen LogP contribution in [0.3, 0.4) is 0 Å². The number of pyridine rings is 1. The van der Waals surface area contributed by atoms with Crippen molar-refractivity contribution in [2.45, 2.75) is 0 Å². The second-order valence-corrected chi connectivity index (χ2v) is 5.90. The van der Waals surface area contributed by atoms with Crippen molar-refractivity contribution < 1.29 is 10.2 Å². The molecule has 0 spiro atoms. The second kappa shape index (κ2) is 6.75. The van der Waals surface area contributed by atoms with Gasteiger partial charge < -0.3 is 20.6 Å². The summed E-state index contributed by atoms with van der Waals surface area (Å²) in [5.41, 5.74) is 1.73. The molecule has 2 aromatic rings. The summed E-state index contributed by atoms with van der Waals surface area (Å²) in [6, 6.07) is 10.4. The summed E-state index contributed by atoms with van der Waals surface area (Å²) in [5.74, 6) is 0.490. The number of nitrogens with one attached hydrogen (secondary N) is 4. The maximum atomic E-state index is 12.5. The van der Waals surface area contributed by atoms with Gasteiger partial charge in [0.05, 0.1) is 11.9 Å². The van der Waals surface area contributed by atoms with Crippen LogP contribution in [0.5, 0.6) is 0 Å². The average Bonchev–Trinajstić information content (AvgIpc) is 2.67. The summed E-state index contributed by atoms with van der Waals surface area (Å²) in [4.78, 5) is 6.59. The maximum absolute atomic E-state index is 12.5. The number of hydroxylamine groups is 1. The first kappa shape index (κ1) is 15.9. The van der Waals surface area contributed by atoms with Gasteiger partial charge in [-0.1, -0.05) is 12.1 Å². The van der Waals surface area contributed by atoms with Gasteiger partial charge in [-0.05, 0) is 12.1 Å². The molecule has 1 saturated heterocycles. The molecule has 9 nitrogen and oxygen atoms in total. The monoisotopic (exact) mass is 341 g/mol. The van der Waals surface area contributed by atoms with Crippen molar-refractivity contribution in [3.63, 3.8) is 0 Å². The van der Waals surface area contributed by atoms with Gasteiger partial charge >= 0.3 is 5.96 Å². The predicted molar refractivity (Wildman–Crippen MR) is 94.8 cm³/mol. The number of hydrogen-bond donors (Lipinski definition) is 4. The van der Waals surface area contributed by atoms with E-state index in [-0.39, 0.29) is 11.0 Å². The van der Waals surface area contributed by atoms with E-state index in [2.05, 4.69) is 25.6 Å². The van der Waals surface area contributed by atoms with Crippen molar-refractivity contribution >= 4 is 28.8 Å². The molecule has 3 heterocycles. The SMILES string of the molecule is [O-][NH+]1N=C(Nc2ccc(N3CCNCC3)cn2)[NH+]([O-])c2ccccc21. The van der Waals surface area contributed by atoms with Crippen LogP contribution in [0.2, 0.25) is 0 Å². The van der Waals surface area contributed by atoms with Gasteiger partial charge in [0.15, 0.2) is 0 Å². The lowest BCUT2D eigenvalue weighted by Gasteiger charge is -2.30. The molecule has 1 fully saturated rings. The average molecular weight is 341 g/mol. The zero-order valence-corrected chi connectivity index (χ0v) is 13.5. The van der Waals surface area contributed by atoms with Crippen LogP contribution in [-0.4, -0.2) is 37.1 Å². The smallest absolute Gasteiger partial charge is 0.360 e. The Balaban J connectivity index is 1.50. The molecule has 1 aromatic heterocycles. The summed E-state index contributed by atoms with van der Waals surface area (Å²) in [6.07, 6.45) is 1.76. The van der Waals surface area contributed by atoms with E-state index in [0.29, 0.717) is 17.2 Å². The molecule has 2 aliphatic heterocycles. The number of anilines is 2. The number of benzene rings is 1. The number of aromatic nitrogens is 1. The number of para-hydroxylation sites is 1. The summed E-state index contributed by atoms with van der Waals surface area (Å²) >= 11 is 0. The summed E-state index contributed by atoms with van der Waals surface area (Å²) < 4.78 is 0. The van der Waals surface area contributed by atoms with Gasteiger partial charge in [0.2, 0.25) is 11.4 Å². The molecule has 0 radical (unpaired) electrons. The number of rotatable bonds is 2. The third-order valence-corrected chi connectivity index (χ3v) is 4.31. The number of hydrogen-bond acceptors (Lipinski definition) is 7. The van der Waals surface area contributed by atoms with Crippen molar-refractivity contribution in [3.05, 3.63) is 53.0 Å². The van der Waals surface area contributed by atoms with Gasteiger partial charge in [0, 0.05) is 43.4 Å². The Morgan fingerprint density at radius 3 is 2.52 bits per heavy atom. The van der Waals surface area contributed by atoms with E-state index in [1.165, 1.54) is 0 Å². The van der Waals surface area contributed by atoms with E-state index in [1.54, 1.807) is 36.5 Å². The van der Waals surface area contributed by atoms with Gasteiger partial charge in [0.1, 0.15) is 5.82 Å². The van der Waals surface area contributed by atoms with Crippen LogP contribution in [0.15, 0.2) is 47.7 Å². The van der Waals surface area contributed by atoms with E-state index in [0.717, 1.165) is 31.9 Å². The first-order valence-electron chi connectivity index (χ1n) is 8.18. The molecule has 2 unspecified atom stereocenters. The Labute approximate surface area is 144 Å². The van der Waals surface area contributed by atoms with Gasteiger partial charge in [-0.15, -0.1) is 0 Å². The lowest BCUT2D eigenvalue weighted by molar-refractivity contribution is -0.812. The molecule has 130 valence electrons. The Morgan fingerprint density at radius 2 is 1.80 bits per heavy atom. The third kappa shape index (κ3) is 3.18. The number of nitrogens with zero attached hydrogens (tertiary/aromatic N) is 3. The van der Waals surface area contributed by atoms with Crippen LogP contribution in [0.1, 0.15) is 0 Å². The number of fused-ring (bicyclic) bond motifs is 1. The Kier molecular flexibility index (Phi) is 4.30. The Bertz CT molecular complexity index is 774. The van der Waals surface area contributed by atoms with Crippen LogP contribution in [0.4, 0.5) is 22.9 Å². The van der Waals surface area contributed by atoms with E-state index in [4.69, 9.17) is 0 Å². The predicted octanol–water partition coefficient (Wildman–Crippen LogP) is -1.08. The summed E-state index contributed by atoms with van der Waals surface area (Å²) in [6.45, 7) is 3.77. The highest BCUT2D eigenvalue weighted by Gasteiger charge is 2.27. The molecule has 2 atom stereocenters. The van der Waals surface area contributed by atoms with Crippen LogP contribution in [-0.2, 0) is 0 Å². The van der Waals surface area contributed by atoms with Crippen molar-refractivity contribution in [2.75, 3.05) is 36.4 Å². The molecule has 0 amide bonds.